The summed E-state index contributed by atoms with van der Waals surface area (Å²) in [4.78, 5) is 6.22. The molecule has 0 spiro atoms. The maximum atomic E-state index is 5.38. The first kappa shape index (κ1) is 14.4. The number of aryl methyl sites for hydroxylation is 1. The number of nitrogens with one attached hydrogen (secondary N) is 1. The van der Waals surface area contributed by atoms with Gasteiger partial charge in [0.15, 0.2) is 11.5 Å². The van der Waals surface area contributed by atoms with Gasteiger partial charge in [-0.3, -0.25) is 0 Å². The summed E-state index contributed by atoms with van der Waals surface area (Å²) in [7, 11) is 5.33. The lowest BCUT2D eigenvalue weighted by Crippen LogP contribution is -2.19. The van der Waals surface area contributed by atoms with Crippen molar-refractivity contribution >= 4 is 11.3 Å². The standard InChI is InChI=1S/C16H20N2O2S/c1-17-11-5-4-6-12-15(11)21-16(18-12)10-7-8-13(19-2)14(9-10)20-3/h7-9,11,17H,4-6H2,1-3H3. The molecular weight excluding hydrogens is 284 g/mol. The molecule has 1 N–H and O–H groups in total. The van der Waals surface area contributed by atoms with Gasteiger partial charge in [-0.2, -0.15) is 0 Å². The van der Waals surface area contributed by atoms with Gasteiger partial charge in [-0.15, -0.1) is 11.3 Å². The number of ether oxygens (including phenoxy) is 2. The highest BCUT2D eigenvalue weighted by Crippen LogP contribution is 2.39. The van der Waals surface area contributed by atoms with E-state index < -0.39 is 0 Å². The summed E-state index contributed by atoms with van der Waals surface area (Å²) in [6.07, 6.45) is 3.47. The molecule has 0 fully saturated rings. The van der Waals surface area contributed by atoms with E-state index >= 15 is 0 Å². The quantitative estimate of drug-likeness (QED) is 0.940. The minimum absolute atomic E-state index is 0.445. The maximum absolute atomic E-state index is 5.38. The highest BCUT2D eigenvalue weighted by atomic mass is 32.1. The molecule has 21 heavy (non-hydrogen) atoms. The Morgan fingerprint density at radius 3 is 2.76 bits per heavy atom. The summed E-state index contributed by atoms with van der Waals surface area (Å²) >= 11 is 1.78. The Hall–Kier alpha value is -1.59. The summed E-state index contributed by atoms with van der Waals surface area (Å²) in [6, 6.07) is 6.42. The van der Waals surface area contributed by atoms with Gasteiger partial charge in [-0.25, -0.2) is 4.98 Å². The van der Waals surface area contributed by atoms with Crippen LogP contribution < -0.4 is 14.8 Å². The molecule has 2 aromatic rings. The Morgan fingerprint density at radius 2 is 2.05 bits per heavy atom. The van der Waals surface area contributed by atoms with Crippen LogP contribution in [0.2, 0.25) is 0 Å². The summed E-state index contributed by atoms with van der Waals surface area (Å²) in [5.41, 5.74) is 2.33. The molecule has 0 saturated carbocycles. The van der Waals surface area contributed by atoms with Crippen molar-refractivity contribution < 1.29 is 9.47 Å². The third kappa shape index (κ3) is 2.63. The fraction of sp³-hybridized carbons (Fsp3) is 0.438. The molecule has 0 saturated heterocycles. The van der Waals surface area contributed by atoms with Crippen LogP contribution in [-0.4, -0.2) is 26.3 Å². The minimum atomic E-state index is 0.445. The zero-order valence-electron chi connectivity index (χ0n) is 12.6. The lowest BCUT2D eigenvalue weighted by Gasteiger charge is -2.19. The van der Waals surface area contributed by atoms with E-state index in [1.165, 1.54) is 23.4 Å². The predicted octanol–water partition coefficient (Wildman–Crippen LogP) is 3.42. The van der Waals surface area contributed by atoms with Gasteiger partial charge < -0.3 is 14.8 Å². The van der Waals surface area contributed by atoms with Crippen LogP contribution in [-0.2, 0) is 6.42 Å². The molecule has 112 valence electrons. The number of nitrogens with zero attached hydrogens (tertiary/aromatic N) is 1. The first-order valence-electron chi connectivity index (χ1n) is 7.16. The van der Waals surface area contributed by atoms with E-state index in [9.17, 15) is 0 Å². The van der Waals surface area contributed by atoms with E-state index in [-0.39, 0.29) is 0 Å². The van der Waals surface area contributed by atoms with Crippen LogP contribution in [0.1, 0.15) is 29.5 Å². The van der Waals surface area contributed by atoms with E-state index in [1.807, 2.05) is 25.2 Å². The van der Waals surface area contributed by atoms with Crippen LogP contribution in [0.15, 0.2) is 18.2 Å². The molecule has 0 aliphatic heterocycles. The number of hydrogen-bond acceptors (Lipinski definition) is 5. The van der Waals surface area contributed by atoms with Crippen LogP contribution >= 0.6 is 11.3 Å². The molecule has 1 heterocycles. The smallest absolute Gasteiger partial charge is 0.161 e. The second-order valence-electron chi connectivity index (χ2n) is 5.13. The number of fused-ring (bicyclic) bond motifs is 1. The van der Waals surface area contributed by atoms with Gasteiger partial charge in [0.05, 0.1) is 19.9 Å². The Balaban J connectivity index is 1.99. The Labute approximate surface area is 129 Å². The van der Waals surface area contributed by atoms with Crippen molar-refractivity contribution in [2.75, 3.05) is 21.3 Å². The van der Waals surface area contributed by atoms with E-state index in [1.54, 1.807) is 25.6 Å². The number of benzene rings is 1. The zero-order chi connectivity index (χ0) is 14.8. The fourth-order valence-electron chi connectivity index (χ4n) is 2.79. The average molecular weight is 304 g/mol. The van der Waals surface area contributed by atoms with Crippen LogP contribution in [0.25, 0.3) is 10.6 Å². The first-order valence-corrected chi connectivity index (χ1v) is 7.97. The highest BCUT2D eigenvalue weighted by Gasteiger charge is 2.24. The van der Waals surface area contributed by atoms with E-state index in [2.05, 4.69) is 5.32 Å². The lowest BCUT2D eigenvalue weighted by atomic mass is 9.98. The lowest BCUT2D eigenvalue weighted by molar-refractivity contribution is 0.355. The number of methoxy groups -OCH3 is 2. The van der Waals surface area contributed by atoms with Gasteiger partial charge in [0, 0.05) is 16.5 Å². The van der Waals surface area contributed by atoms with Crippen LogP contribution in [0, 0.1) is 0 Å². The third-order valence-electron chi connectivity index (χ3n) is 3.93. The molecule has 3 rings (SSSR count). The van der Waals surface area contributed by atoms with Crippen molar-refractivity contribution in [1.82, 2.24) is 10.3 Å². The fourth-order valence-corrected chi connectivity index (χ4v) is 4.04. The van der Waals surface area contributed by atoms with Crippen molar-refractivity contribution in [3.63, 3.8) is 0 Å². The molecule has 1 aromatic heterocycles. The normalized spacial score (nSPS) is 17.4. The largest absolute Gasteiger partial charge is 0.493 e. The average Bonchev–Trinajstić information content (AvgIpc) is 2.98. The van der Waals surface area contributed by atoms with E-state index in [0.717, 1.165) is 28.5 Å². The number of rotatable bonds is 4. The Bertz CT molecular complexity index is 639. The predicted molar refractivity (Wildman–Crippen MR) is 85.4 cm³/mol. The first-order chi connectivity index (χ1) is 10.3. The zero-order valence-corrected chi connectivity index (χ0v) is 13.4. The molecule has 1 unspecified atom stereocenters. The van der Waals surface area contributed by atoms with Crippen LogP contribution in [0.4, 0.5) is 0 Å². The summed E-state index contributed by atoms with van der Waals surface area (Å²) in [5, 5.41) is 4.45. The van der Waals surface area contributed by atoms with Crippen LogP contribution in [0.5, 0.6) is 11.5 Å². The van der Waals surface area contributed by atoms with Crippen molar-refractivity contribution in [1.29, 1.82) is 0 Å². The molecule has 1 atom stereocenters. The van der Waals surface area contributed by atoms with E-state index in [0.29, 0.717) is 6.04 Å². The van der Waals surface area contributed by atoms with Crippen molar-refractivity contribution in [2.24, 2.45) is 0 Å². The van der Waals surface area contributed by atoms with Gasteiger partial charge >= 0.3 is 0 Å². The van der Waals surface area contributed by atoms with Gasteiger partial charge in [0.25, 0.3) is 0 Å². The number of hydrogen-bond donors (Lipinski definition) is 1. The molecule has 5 heteroatoms. The molecule has 1 aliphatic rings. The van der Waals surface area contributed by atoms with Gasteiger partial charge in [-0.1, -0.05) is 0 Å². The highest BCUT2D eigenvalue weighted by molar-refractivity contribution is 7.15. The summed E-state index contributed by atoms with van der Waals surface area (Å²) in [6.45, 7) is 0. The molecule has 1 aliphatic carbocycles. The number of thiazole rings is 1. The monoisotopic (exact) mass is 304 g/mol. The van der Waals surface area contributed by atoms with Gasteiger partial charge in [0.1, 0.15) is 5.01 Å². The van der Waals surface area contributed by atoms with Gasteiger partial charge in [-0.05, 0) is 44.5 Å². The molecular formula is C16H20N2O2S. The SMILES string of the molecule is CNC1CCCc2nc(-c3ccc(OC)c(OC)c3)sc21. The summed E-state index contributed by atoms with van der Waals surface area (Å²) in [5.74, 6) is 1.49. The number of aromatic nitrogens is 1. The summed E-state index contributed by atoms with van der Waals surface area (Å²) < 4.78 is 10.7. The third-order valence-corrected chi connectivity index (χ3v) is 5.19. The van der Waals surface area contributed by atoms with Crippen molar-refractivity contribution in [3.8, 4) is 22.1 Å². The molecule has 0 bridgehead atoms. The van der Waals surface area contributed by atoms with Crippen LogP contribution in [0.3, 0.4) is 0 Å². The second kappa shape index (κ2) is 6.03. The van der Waals surface area contributed by atoms with Crippen molar-refractivity contribution in [3.05, 3.63) is 28.8 Å². The Morgan fingerprint density at radius 1 is 1.24 bits per heavy atom. The van der Waals surface area contributed by atoms with Gasteiger partial charge in [0.2, 0.25) is 0 Å². The molecule has 1 aromatic carbocycles. The van der Waals surface area contributed by atoms with E-state index in [4.69, 9.17) is 14.5 Å². The maximum Gasteiger partial charge on any atom is 0.161 e. The minimum Gasteiger partial charge on any atom is -0.493 e. The van der Waals surface area contributed by atoms with Crippen molar-refractivity contribution in [2.45, 2.75) is 25.3 Å². The Kier molecular flexibility index (Phi) is 4.12. The second-order valence-corrected chi connectivity index (χ2v) is 6.16. The molecule has 4 nitrogen and oxygen atoms in total. The molecule has 0 amide bonds. The topological polar surface area (TPSA) is 43.4 Å². The molecule has 0 radical (unpaired) electrons.